The molecule has 0 aliphatic rings. The summed E-state index contributed by atoms with van der Waals surface area (Å²) in [5.74, 6) is 0.587. The lowest BCUT2D eigenvalue weighted by Crippen LogP contribution is -2.28. The maximum Gasteiger partial charge on any atom is 0.321 e. The average Bonchev–Trinajstić information content (AvgIpc) is 3.05. The minimum Gasteiger partial charge on any atom is -0.492 e. The second kappa shape index (κ2) is 7.87. The van der Waals surface area contributed by atoms with E-state index in [1.54, 1.807) is 0 Å². The summed E-state index contributed by atoms with van der Waals surface area (Å²) in [6.07, 6.45) is 2.09. The fourth-order valence-corrected chi connectivity index (χ4v) is 3.81. The molecule has 0 spiro atoms. The van der Waals surface area contributed by atoms with Gasteiger partial charge in [-0.15, -0.1) is 11.8 Å². The van der Waals surface area contributed by atoms with Crippen LogP contribution < -0.4 is 4.74 Å². The lowest BCUT2D eigenvalue weighted by atomic mass is 10.2. The van der Waals surface area contributed by atoms with Crippen LogP contribution in [0, 0.1) is 0 Å². The topological polar surface area (TPSA) is 40.5 Å². The Bertz CT molecular complexity index is 884. The number of methoxy groups -OCH3 is 1. The van der Waals surface area contributed by atoms with Gasteiger partial charge in [-0.3, -0.25) is 4.79 Å². The zero-order valence-electron chi connectivity index (χ0n) is 15.3. The van der Waals surface area contributed by atoms with Crippen LogP contribution in [-0.2, 0) is 16.1 Å². The van der Waals surface area contributed by atoms with Gasteiger partial charge >= 0.3 is 5.97 Å². The van der Waals surface area contributed by atoms with Crippen LogP contribution >= 0.6 is 11.8 Å². The van der Waals surface area contributed by atoms with E-state index >= 15 is 0 Å². The number of aromatic nitrogens is 1. The number of para-hydroxylation sites is 1. The minimum absolute atomic E-state index is 0.234. The van der Waals surface area contributed by atoms with Crippen molar-refractivity contribution >= 4 is 28.6 Å². The highest BCUT2D eigenvalue weighted by Gasteiger charge is 2.29. The molecule has 2 aromatic carbocycles. The third-order valence-electron chi connectivity index (χ3n) is 4.15. The first-order valence-corrected chi connectivity index (χ1v) is 9.35. The molecule has 0 aliphatic heterocycles. The predicted octanol–water partition coefficient (Wildman–Crippen LogP) is 4.76. The highest BCUT2D eigenvalue weighted by atomic mass is 32.2. The number of hydrogen-bond donors (Lipinski definition) is 0. The van der Waals surface area contributed by atoms with Crippen LogP contribution in [0.2, 0.25) is 0 Å². The van der Waals surface area contributed by atoms with E-state index in [0.717, 1.165) is 17.2 Å². The van der Waals surface area contributed by atoms with Crippen molar-refractivity contribution < 1.29 is 14.3 Å². The van der Waals surface area contributed by atoms with Crippen LogP contribution in [0.15, 0.2) is 65.7 Å². The summed E-state index contributed by atoms with van der Waals surface area (Å²) in [5.41, 5.74) is 1.22. The van der Waals surface area contributed by atoms with Gasteiger partial charge in [-0.05, 0) is 55.6 Å². The Morgan fingerprint density at radius 3 is 2.54 bits per heavy atom. The molecule has 0 radical (unpaired) electrons. The van der Waals surface area contributed by atoms with E-state index in [1.165, 1.54) is 29.8 Å². The van der Waals surface area contributed by atoms with Crippen molar-refractivity contribution in [3.63, 3.8) is 0 Å². The lowest BCUT2D eigenvalue weighted by molar-refractivity contribution is -0.142. The number of rotatable bonds is 7. The summed E-state index contributed by atoms with van der Waals surface area (Å²) >= 11 is 1.48. The van der Waals surface area contributed by atoms with Crippen molar-refractivity contribution in [3.8, 4) is 5.75 Å². The van der Waals surface area contributed by atoms with Gasteiger partial charge < -0.3 is 14.0 Å². The standard InChI is InChI=1S/C21H23NO3S/c1-21(2,20(23)24-3)26-18-10-8-17(9-11-18)25-15-14-22-13-12-16-6-4-5-7-19(16)22/h4-13H,14-15H2,1-3H3. The summed E-state index contributed by atoms with van der Waals surface area (Å²) < 4.78 is 12.3. The molecule has 0 atom stereocenters. The normalized spacial score (nSPS) is 11.5. The highest BCUT2D eigenvalue weighted by Crippen LogP contribution is 2.34. The molecule has 0 saturated heterocycles. The maximum absolute atomic E-state index is 11.8. The molecule has 136 valence electrons. The van der Waals surface area contributed by atoms with Crippen molar-refractivity contribution in [2.75, 3.05) is 13.7 Å². The summed E-state index contributed by atoms with van der Waals surface area (Å²) in [6.45, 7) is 5.10. The summed E-state index contributed by atoms with van der Waals surface area (Å²) in [7, 11) is 1.41. The Morgan fingerprint density at radius 1 is 1.08 bits per heavy atom. The number of carbonyl (C=O) groups is 1. The van der Waals surface area contributed by atoms with Crippen LogP contribution in [0.25, 0.3) is 10.9 Å². The molecule has 0 N–H and O–H groups in total. The van der Waals surface area contributed by atoms with Crippen molar-refractivity contribution in [3.05, 3.63) is 60.8 Å². The van der Waals surface area contributed by atoms with E-state index in [1.807, 2.05) is 50.2 Å². The molecule has 3 rings (SSSR count). The number of fused-ring (bicyclic) bond motifs is 1. The van der Waals surface area contributed by atoms with Crippen molar-refractivity contribution in [1.29, 1.82) is 0 Å². The summed E-state index contributed by atoms with van der Waals surface area (Å²) in [6, 6.07) is 18.2. The first kappa shape index (κ1) is 18.4. The Kier molecular flexibility index (Phi) is 5.57. The van der Waals surface area contributed by atoms with Gasteiger partial charge in [-0.25, -0.2) is 0 Å². The second-order valence-corrected chi connectivity index (χ2v) is 8.19. The number of hydrogen-bond acceptors (Lipinski definition) is 4. The fourth-order valence-electron chi connectivity index (χ4n) is 2.78. The molecule has 26 heavy (non-hydrogen) atoms. The Hall–Kier alpha value is -2.40. The maximum atomic E-state index is 11.8. The largest absolute Gasteiger partial charge is 0.492 e. The Labute approximate surface area is 158 Å². The molecule has 1 heterocycles. The van der Waals surface area contributed by atoms with E-state index in [2.05, 4.69) is 29.0 Å². The van der Waals surface area contributed by atoms with Crippen LogP contribution in [0.5, 0.6) is 5.75 Å². The van der Waals surface area contributed by atoms with E-state index in [0.29, 0.717) is 6.61 Å². The van der Waals surface area contributed by atoms with Crippen LogP contribution in [-0.4, -0.2) is 29.0 Å². The van der Waals surface area contributed by atoms with E-state index in [4.69, 9.17) is 9.47 Å². The van der Waals surface area contributed by atoms with Gasteiger partial charge in [0.1, 0.15) is 17.1 Å². The van der Waals surface area contributed by atoms with Crippen LogP contribution in [0.3, 0.4) is 0 Å². The highest BCUT2D eigenvalue weighted by molar-refractivity contribution is 8.01. The number of carbonyl (C=O) groups excluding carboxylic acids is 1. The first-order chi connectivity index (χ1) is 12.5. The molecule has 0 amide bonds. The van der Waals surface area contributed by atoms with Gasteiger partial charge in [0.25, 0.3) is 0 Å². The molecule has 0 fully saturated rings. The average molecular weight is 369 g/mol. The van der Waals surface area contributed by atoms with Gasteiger partial charge in [0.2, 0.25) is 0 Å². The van der Waals surface area contributed by atoms with E-state index in [9.17, 15) is 4.79 Å². The number of thioether (sulfide) groups is 1. The third-order valence-corrected chi connectivity index (χ3v) is 5.34. The summed E-state index contributed by atoms with van der Waals surface area (Å²) in [4.78, 5) is 12.8. The van der Waals surface area contributed by atoms with Gasteiger partial charge in [0.05, 0.1) is 13.7 Å². The van der Waals surface area contributed by atoms with Gasteiger partial charge in [-0.1, -0.05) is 18.2 Å². The van der Waals surface area contributed by atoms with Crippen molar-refractivity contribution in [2.45, 2.75) is 30.0 Å². The van der Waals surface area contributed by atoms with E-state index in [-0.39, 0.29) is 5.97 Å². The Morgan fingerprint density at radius 2 is 1.81 bits per heavy atom. The molecule has 3 aromatic rings. The molecule has 1 aromatic heterocycles. The van der Waals surface area contributed by atoms with Crippen LogP contribution in [0.1, 0.15) is 13.8 Å². The summed E-state index contributed by atoms with van der Waals surface area (Å²) in [5, 5.41) is 1.24. The Balaban J connectivity index is 1.55. The fraction of sp³-hybridized carbons (Fsp3) is 0.286. The number of ether oxygens (including phenoxy) is 2. The van der Waals surface area contributed by atoms with Crippen molar-refractivity contribution in [2.24, 2.45) is 0 Å². The first-order valence-electron chi connectivity index (χ1n) is 8.54. The molecule has 0 aliphatic carbocycles. The number of nitrogens with zero attached hydrogens (tertiary/aromatic N) is 1. The van der Waals surface area contributed by atoms with Gasteiger partial charge in [-0.2, -0.15) is 0 Å². The van der Waals surface area contributed by atoms with Crippen molar-refractivity contribution in [1.82, 2.24) is 4.57 Å². The lowest BCUT2D eigenvalue weighted by Gasteiger charge is -2.20. The smallest absolute Gasteiger partial charge is 0.321 e. The van der Waals surface area contributed by atoms with Gasteiger partial charge in [0.15, 0.2) is 0 Å². The number of esters is 1. The molecule has 0 bridgehead atoms. The third kappa shape index (κ3) is 4.22. The molecule has 4 nitrogen and oxygen atoms in total. The monoisotopic (exact) mass is 369 g/mol. The SMILES string of the molecule is COC(=O)C(C)(C)Sc1ccc(OCCn2ccc3ccccc32)cc1. The number of benzene rings is 2. The molecule has 5 heteroatoms. The molecular weight excluding hydrogens is 346 g/mol. The molecule has 0 unspecified atom stereocenters. The zero-order valence-corrected chi connectivity index (χ0v) is 16.1. The second-order valence-electron chi connectivity index (χ2n) is 6.49. The zero-order chi connectivity index (χ0) is 18.6. The molecular formula is C21H23NO3S. The quantitative estimate of drug-likeness (QED) is 0.444. The minimum atomic E-state index is -0.618. The van der Waals surface area contributed by atoms with E-state index < -0.39 is 4.75 Å². The van der Waals surface area contributed by atoms with Crippen LogP contribution in [0.4, 0.5) is 0 Å². The van der Waals surface area contributed by atoms with Gasteiger partial charge in [0, 0.05) is 16.6 Å². The molecule has 0 saturated carbocycles. The predicted molar refractivity (Wildman–Crippen MR) is 106 cm³/mol.